The highest BCUT2D eigenvalue weighted by Crippen LogP contribution is 2.30. The highest BCUT2D eigenvalue weighted by atomic mass is 16.5. The van der Waals surface area contributed by atoms with Crippen LogP contribution in [-0.2, 0) is 4.74 Å². The summed E-state index contributed by atoms with van der Waals surface area (Å²) in [4.78, 5) is 2.38. The van der Waals surface area contributed by atoms with Gasteiger partial charge in [0, 0.05) is 24.7 Å². The Morgan fingerprint density at radius 3 is 2.77 bits per heavy atom. The number of hydrogen-bond acceptors (Lipinski definition) is 3. The fourth-order valence-corrected chi connectivity index (χ4v) is 2.28. The van der Waals surface area contributed by atoms with Crippen LogP contribution in [0.25, 0.3) is 0 Å². The van der Waals surface area contributed by atoms with Crippen LogP contribution in [0.2, 0.25) is 0 Å². The van der Waals surface area contributed by atoms with Crippen LogP contribution in [0.3, 0.4) is 0 Å². The summed E-state index contributed by atoms with van der Waals surface area (Å²) in [6.45, 7) is 2.86. The number of ether oxygens (including phenoxy) is 1. The van der Waals surface area contributed by atoms with Gasteiger partial charge in [-0.15, -0.1) is 0 Å². The van der Waals surface area contributed by atoms with Gasteiger partial charge in [0.2, 0.25) is 0 Å². The maximum atomic E-state index is 6.19. The molecule has 2 N–H and O–H groups in total. The highest BCUT2D eigenvalue weighted by molar-refractivity contribution is 4.95. The minimum atomic E-state index is 0.122. The summed E-state index contributed by atoms with van der Waals surface area (Å²) >= 11 is 0. The van der Waals surface area contributed by atoms with Crippen molar-refractivity contribution in [3.63, 3.8) is 0 Å². The standard InChI is InChI=1S/C10H20N2O/c1-12(9-3-6-13-7-9)8-10(11)4-2-5-10/h9H,2-8,11H2,1H3. The Labute approximate surface area is 80.2 Å². The second kappa shape index (κ2) is 3.56. The van der Waals surface area contributed by atoms with Crippen LogP contribution in [0.4, 0.5) is 0 Å². The lowest BCUT2D eigenvalue weighted by molar-refractivity contribution is 0.115. The molecule has 0 aromatic rings. The summed E-state index contributed by atoms with van der Waals surface area (Å²) in [7, 11) is 2.17. The smallest absolute Gasteiger partial charge is 0.0622 e. The third-order valence-corrected chi connectivity index (χ3v) is 3.44. The topological polar surface area (TPSA) is 38.5 Å². The molecule has 0 amide bonds. The predicted octanol–water partition coefficient (Wildman–Crippen LogP) is 0.588. The molecule has 3 nitrogen and oxygen atoms in total. The van der Waals surface area contributed by atoms with E-state index in [9.17, 15) is 0 Å². The Morgan fingerprint density at radius 2 is 2.31 bits per heavy atom. The van der Waals surface area contributed by atoms with Gasteiger partial charge in [-0.05, 0) is 32.7 Å². The van der Waals surface area contributed by atoms with Crippen LogP contribution >= 0.6 is 0 Å². The van der Waals surface area contributed by atoms with E-state index in [4.69, 9.17) is 10.5 Å². The van der Waals surface area contributed by atoms with E-state index in [1.54, 1.807) is 0 Å². The Bertz CT molecular complexity index is 174. The number of likely N-dealkylation sites (N-methyl/N-ethyl adjacent to an activating group) is 1. The molecular formula is C10H20N2O. The molecule has 1 saturated heterocycles. The molecule has 1 atom stereocenters. The van der Waals surface area contributed by atoms with Gasteiger partial charge >= 0.3 is 0 Å². The van der Waals surface area contributed by atoms with E-state index in [1.165, 1.54) is 25.7 Å². The molecule has 13 heavy (non-hydrogen) atoms. The predicted molar refractivity (Wildman–Crippen MR) is 52.6 cm³/mol. The lowest BCUT2D eigenvalue weighted by atomic mass is 9.77. The van der Waals surface area contributed by atoms with Gasteiger partial charge < -0.3 is 10.5 Å². The van der Waals surface area contributed by atoms with Crippen molar-refractivity contribution < 1.29 is 4.74 Å². The SMILES string of the molecule is CN(CC1(N)CCC1)C1CCOC1. The molecule has 1 saturated carbocycles. The van der Waals surface area contributed by atoms with Gasteiger partial charge in [0.15, 0.2) is 0 Å². The molecule has 1 aliphatic heterocycles. The maximum Gasteiger partial charge on any atom is 0.0622 e. The lowest BCUT2D eigenvalue weighted by Crippen LogP contribution is -2.56. The van der Waals surface area contributed by atoms with Crippen molar-refractivity contribution in [3.05, 3.63) is 0 Å². The second-order valence-electron chi connectivity index (χ2n) is 4.65. The quantitative estimate of drug-likeness (QED) is 0.697. The molecule has 2 rings (SSSR count). The Morgan fingerprint density at radius 1 is 1.54 bits per heavy atom. The second-order valence-corrected chi connectivity index (χ2v) is 4.65. The highest BCUT2D eigenvalue weighted by Gasteiger charge is 2.35. The summed E-state index contributed by atoms with van der Waals surface area (Å²) < 4.78 is 5.36. The van der Waals surface area contributed by atoms with Crippen LogP contribution in [-0.4, -0.2) is 43.3 Å². The first kappa shape index (κ1) is 9.44. The fraction of sp³-hybridized carbons (Fsp3) is 1.00. The van der Waals surface area contributed by atoms with Crippen molar-refractivity contribution in [3.8, 4) is 0 Å². The van der Waals surface area contributed by atoms with Crippen LogP contribution in [0, 0.1) is 0 Å². The zero-order valence-corrected chi connectivity index (χ0v) is 8.46. The molecule has 0 spiro atoms. The molecule has 76 valence electrons. The van der Waals surface area contributed by atoms with Crippen molar-refractivity contribution in [2.24, 2.45) is 5.73 Å². The molecule has 0 aromatic carbocycles. The van der Waals surface area contributed by atoms with Gasteiger partial charge in [-0.2, -0.15) is 0 Å². The zero-order valence-electron chi connectivity index (χ0n) is 8.46. The number of nitrogens with zero attached hydrogens (tertiary/aromatic N) is 1. The van der Waals surface area contributed by atoms with Crippen molar-refractivity contribution >= 4 is 0 Å². The molecule has 1 aliphatic carbocycles. The van der Waals surface area contributed by atoms with E-state index in [0.29, 0.717) is 6.04 Å². The van der Waals surface area contributed by atoms with Crippen molar-refractivity contribution in [2.75, 3.05) is 26.8 Å². The molecule has 1 heterocycles. The average molecular weight is 184 g/mol. The molecule has 2 aliphatic rings. The summed E-state index contributed by atoms with van der Waals surface area (Å²) in [6, 6.07) is 0.612. The van der Waals surface area contributed by atoms with Crippen LogP contribution < -0.4 is 5.73 Å². The van der Waals surface area contributed by atoms with Gasteiger partial charge in [-0.25, -0.2) is 0 Å². The minimum absolute atomic E-state index is 0.122. The van der Waals surface area contributed by atoms with Gasteiger partial charge in [-0.3, -0.25) is 4.90 Å². The monoisotopic (exact) mass is 184 g/mol. The van der Waals surface area contributed by atoms with Gasteiger partial charge in [0.1, 0.15) is 0 Å². The Balaban J connectivity index is 1.79. The van der Waals surface area contributed by atoms with E-state index >= 15 is 0 Å². The molecule has 0 aromatic heterocycles. The van der Waals surface area contributed by atoms with Gasteiger partial charge in [-0.1, -0.05) is 0 Å². The molecule has 3 heteroatoms. The van der Waals surface area contributed by atoms with E-state index in [2.05, 4.69) is 11.9 Å². The van der Waals surface area contributed by atoms with Crippen molar-refractivity contribution in [1.29, 1.82) is 0 Å². The van der Waals surface area contributed by atoms with Crippen LogP contribution in [0.5, 0.6) is 0 Å². The first-order valence-electron chi connectivity index (χ1n) is 5.26. The zero-order chi connectivity index (χ0) is 9.31. The average Bonchev–Trinajstić information content (AvgIpc) is 2.53. The summed E-state index contributed by atoms with van der Waals surface area (Å²) in [5.74, 6) is 0. The largest absolute Gasteiger partial charge is 0.380 e. The van der Waals surface area contributed by atoms with Crippen molar-refractivity contribution in [1.82, 2.24) is 4.90 Å². The number of nitrogens with two attached hydrogens (primary N) is 1. The number of rotatable bonds is 3. The molecule has 0 bridgehead atoms. The van der Waals surface area contributed by atoms with Crippen LogP contribution in [0.15, 0.2) is 0 Å². The molecular weight excluding hydrogens is 164 g/mol. The van der Waals surface area contributed by atoms with Gasteiger partial charge in [0.05, 0.1) is 6.61 Å². The Hall–Kier alpha value is -0.120. The van der Waals surface area contributed by atoms with E-state index in [1.807, 2.05) is 0 Å². The first-order chi connectivity index (χ1) is 6.20. The van der Waals surface area contributed by atoms with Crippen LogP contribution in [0.1, 0.15) is 25.7 Å². The Kier molecular flexibility index (Phi) is 2.58. The normalized spacial score (nSPS) is 32.1. The first-order valence-corrected chi connectivity index (χ1v) is 5.26. The number of hydrogen-bond donors (Lipinski definition) is 1. The molecule has 0 radical (unpaired) electrons. The lowest BCUT2D eigenvalue weighted by Gasteiger charge is -2.42. The molecule has 2 fully saturated rings. The van der Waals surface area contributed by atoms with E-state index in [0.717, 1.165) is 19.8 Å². The summed E-state index contributed by atoms with van der Waals surface area (Å²) in [6.07, 6.45) is 4.88. The maximum absolute atomic E-state index is 6.19. The third kappa shape index (κ3) is 2.03. The summed E-state index contributed by atoms with van der Waals surface area (Å²) in [5, 5.41) is 0. The third-order valence-electron chi connectivity index (χ3n) is 3.44. The van der Waals surface area contributed by atoms with E-state index in [-0.39, 0.29) is 5.54 Å². The fourth-order valence-electron chi connectivity index (χ4n) is 2.28. The van der Waals surface area contributed by atoms with E-state index < -0.39 is 0 Å². The summed E-state index contributed by atoms with van der Waals surface area (Å²) in [5.41, 5.74) is 6.31. The molecule has 1 unspecified atom stereocenters. The minimum Gasteiger partial charge on any atom is -0.380 e. The van der Waals surface area contributed by atoms with Crippen molar-refractivity contribution in [2.45, 2.75) is 37.3 Å². The van der Waals surface area contributed by atoms with Gasteiger partial charge in [0.25, 0.3) is 0 Å².